The van der Waals surface area contributed by atoms with Crippen molar-refractivity contribution in [1.29, 1.82) is 0 Å². The molecule has 0 spiro atoms. The van der Waals surface area contributed by atoms with Gasteiger partial charge in [-0.3, -0.25) is 0 Å². The molecule has 4 heteroatoms. The van der Waals surface area contributed by atoms with Crippen LogP contribution < -0.4 is 0 Å². The zero-order valence-electron chi connectivity index (χ0n) is 5.87. The average Bonchev–Trinajstić information content (AvgIpc) is 1.83. The first-order valence-electron chi connectivity index (χ1n) is 3.14. The number of hydrogen-bond donors (Lipinski definition) is 2. The molecule has 0 aromatic rings. The third-order valence-corrected chi connectivity index (χ3v) is 1.60. The summed E-state index contributed by atoms with van der Waals surface area (Å²) in [5.74, 6) is 0. The minimum Gasteiger partial charge on any atom is -0.412 e. The lowest BCUT2D eigenvalue weighted by molar-refractivity contribution is 0.0823. The number of hydrogen-bond acceptors (Lipinski definition) is 3. The van der Waals surface area contributed by atoms with Crippen LogP contribution in [0, 0.1) is 0 Å². The molecule has 0 bridgehead atoms. The molecule has 1 atom stereocenters. The van der Waals surface area contributed by atoms with Crippen molar-refractivity contribution in [1.82, 2.24) is 0 Å². The van der Waals surface area contributed by atoms with Gasteiger partial charge in [0.15, 0.2) is 0 Å². The average molecular weight is 150 g/mol. The topological polar surface area (TPSA) is 49.7 Å². The number of rotatable bonds is 4. The Kier molecular flexibility index (Phi) is 4.98. The van der Waals surface area contributed by atoms with Crippen LogP contribution in [0.1, 0.15) is 20.3 Å². The van der Waals surface area contributed by atoms with Crippen LogP contribution in [-0.4, -0.2) is 31.2 Å². The first kappa shape index (κ1) is 9.10. The number of ether oxygens (including phenoxy) is 1. The fraction of sp³-hybridized carbons (Fsp3) is 1.00. The second kappa shape index (κ2) is 4.93. The molecule has 0 aliphatic heterocycles. The minimum absolute atomic E-state index is 0.148. The maximum absolute atomic E-state index is 8.47. The predicted octanol–water partition coefficient (Wildman–Crippen LogP) is -0.454. The maximum atomic E-state index is 8.47. The molecular weight excluding hydrogens is 136 g/mol. The molecule has 0 heterocycles. The van der Waals surface area contributed by atoms with Gasteiger partial charge in [0.1, 0.15) is 0 Å². The fourth-order valence-electron chi connectivity index (χ4n) is 0.368. The van der Waals surface area contributed by atoms with E-state index in [9.17, 15) is 0 Å². The summed E-state index contributed by atoms with van der Waals surface area (Å²) < 4.78 is 5.01. The fourth-order valence-corrected chi connectivity index (χ4v) is 0.869. The van der Waals surface area contributed by atoms with E-state index in [1.807, 2.05) is 13.8 Å². The van der Waals surface area contributed by atoms with Crippen LogP contribution in [0.4, 0.5) is 0 Å². The highest BCUT2D eigenvalue weighted by atomic mass is 28.3. The Balaban J connectivity index is 3.06. The summed E-state index contributed by atoms with van der Waals surface area (Å²) in [6, 6.07) is 0. The summed E-state index contributed by atoms with van der Waals surface area (Å²) in [6.07, 6.45) is 1.22. The summed E-state index contributed by atoms with van der Waals surface area (Å²) in [7, 11) is -2.46. The van der Waals surface area contributed by atoms with E-state index in [4.69, 9.17) is 14.3 Å². The second-order valence-corrected chi connectivity index (χ2v) is 3.33. The van der Waals surface area contributed by atoms with Gasteiger partial charge in [0.25, 0.3) is 0 Å². The molecule has 3 nitrogen and oxygen atoms in total. The Morgan fingerprint density at radius 2 is 2.11 bits per heavy atom. The van der Waals surface area contributed by atoms with Gasteiger partial charge in [-0.05, 0) is 13.3 Å². The lowest BCUT2D eigenvalue weighted by Crippen LogP contribution is -2.23. The SMILES string of the molecule is CCC(C)OC[SiH](O)O. The molecule has 0 amide bonds. The normalized spacial score (nSPS) is 14.3. The van der Waals surface area contributed by atoms with Gasteiger partial charge in [-0.1, -0.05) is 6.92 Å². The van der Waals surface area contributed by atoms with Crippen molar-refractivity contribution in [2.45, 2.75) is 26.4 Å². The standard InChI is InChI=1S/C5H14O3Si/c1-3-5(2)8-4-9(6)7/h5-7,9H,3-4H2,1-2H3. The van der Waals surface area contributed by atoms with Gasteiger partial charge in [-0.2, -0.15) is 0 Å². The van der Waals surface area contributed by atoms with Gasteiger partial charge in [-0.15, -0.1) is 0 Å². The second-order valence-electron chi connectivity index (χ2n) is 2.03. The smallest absolute Gasteiger partial charge is 0.342 e. The van der Waals surface area contributed by atoms with Crippen molar-refractivity contribution in [3.63, 3.8) is 0 Å². The molecular formula is C5H14O3Si. The van der Waals surface area contributed by atoms with Crippen molar-refractivity contribution in [3.05, 3.63) is 0 Å². The van der Waals surface area contributed by atoms with E-state index in [1.165, 1.54) is 0 Å². The Hall–Kier alpha value is 0.0969. The summed E-state index contributed by atoms with van der Waals surface area (Å²) >= 11 is 0. The molecule has 0 aromatic heterocycles. The van der Waals surface area contributed by atoms with E-state index in [2.05, 4.69) is 0 Å². The van der Waals surface area contributed by atoms with Crippen molar-refractivity contribution < 1.29 is 14.3 Å². The molecule has 0 saturated carbocycles. The highest BCUT2D eigenvalue weighted by Crippen LogP contribution is 1.94. The molecule has 0 rings (SSSR count). The molecule has 1 unspecified atom stereocenters. The Morgan fingerprint density at radius 3 is 2.44 bits per heavy atom. The molecule has 0 radical (unpaired) electrons. The molecule has 0 fully saturated rings. The lowest BCUT2D eigenvalue weighted by atomic mass is 10.3. The highest BCUT2D eigenvalue weighted by Gasteiger charge is 2.04. The van der Waals surface area contributed by atoms with Crippen LogP contribution in [0.15, 0.2) is 0 Å². The monoisotopic (exact) mass is 150 g/mol. The van der Waals surface area contributed by atoms with Crippen molar-refractivity contribution in [3.8, 4) is 0 Å². The van der Waals surface area contributed by atoms with Gasteiger partial charge in [0, 0.05) is 0 Å². The van der Waals surface area contributed by atoms with E-state index in [0.717, 1.165) is 6.42 Å². The van der Waals surface area contributed by atoms with Crippen LogP contribution in [0.2, 0.25) is 0 Å². The van der Waals surface area contributed by atoms with Gasteiger partial charge in [-0.25, -0.2) is 0 Å². The third kappa shape index (κ3) is 5.98. The zero-order valence-corrected chi connectivity index (χ0v) is 7.03. The Morgan fingerprint density at radius 1 is 1.56 bits per heavy atom. The van der Waals surface area contributed by atoms with Gasteiger partial charge < -0.3 is 14.3 Å². The molecule has 0 aliphatic rings. The molecule has 0 aromatic carbocycles. The van der Waals surface area contributed by atoms with Crippen LogP contribution in [0.5, 0.6) is 0 Å². The van der Waals surface area contributed by atoms with Crippen molar-refractivity contribution in [2.24, 2.45) is 0 Å². The van der Waals surface area contributed by atoms with Crippen molar-refractivity contribution >= 4 is 9.28 Å². The van der Waals surface area contributed by atoms with E-state index < -0.39 is 9.28 Å². The van der Waals surface area contributed by atoms with E-state index in [0.29, 0.717) is 0 Å². The summed E-state index contributed by atoms with van der Waals surface area (Å²) in [5, 5.41) is 0. The zero-order chi connectivity index (χ0) is 7.28. The summed E-state index contributed by atoms with van der Waals surface area (Å²) in [4.78, 5) is 16.9. The van der Waals surface area contributed by atoms with E-state index in [-0.39, 0.29) is 12.3 Å². The largest absolute Gasteiger partial charge is 0.412 e. The first-order valence-corrected chi connectivity index (χ1v) is 4.99. The van der Waals surface area contributed by atoms with Crippen molar-refractivity contribution in [2.75, 3.05) is 6.23 Å². The summed E-state index contributed by atoms with van der Waals surface area (Å²) in [5.41, 5.74) is 0. The quantitative estimate of drug-likeness (QED) is 0.533. The highest BCUT2D eigenvalue weighted by molar-refractivity contribution is 6.40. The van der Waals surface area contributed by atoms with E-state index >= 15 is 0 Å². The molecule has 2 N–H and O–H groups in total. The van der Waals surface area contributed by atoms with Gasteiger partial charge in [0.2, 0.25) is 0 Å². The predicted molar refractivity (Wildman–Crippen MR) is 37.3 cm³/mol. The molecule has 0 aliphatic carbocycles. The minimum atomic E-state index is -2.46. The third-order valence-electron chi connectivity index (χ3n) is 1.10. The van der Waals surface area contributed by atoms with Gasteiger partial charge >= 0.3 is 9.28 Å². The molecule has 0 saturated heterocycles. The van der Waals surface area contributed by atoms with Crippen LogP contribution in [0.3, 0.4) is 0 Å². The first-order chi connectivity index (χ1) is 4.16. The summed E-state index contributed by atoms with van der Waals surface area (Å²) in [6.45, 7) is 3.91. The molecule has 9 heavy (non-hydrogen) atoms. The van der Waals surface area contributed by atoms with Crippen LogP contribution >= 0.6 is 0 Å². The Bertz CT molecular complexity index is 67.2. The van der Waals surface area contributed by atoms with Gasteiger partial charge in [0.05, 0.1) is 12.3 Å². The van der Waals surface area contributed by atoms with Crippen LogP contribution in [-0.2, 0) is 4.74 Å². The Labute approximate surface area is 57.1 Å². The maximum Gasteiger partial charge on any atom is 0.342 e. The van der Waals surface area contributed by atoms with E-state index in [1.54, 1.807) is 0 Å². The van der Waals surface area contributed by atoms with Crippen LogP contribution in [0.25, 0.3) is 0 Å². The lowest BCUT2D eigenvalue weighted by Gasteiger charge is -2.09. The molecule has 56 valence electrons.